The van der Waals surface area contributed by atoms with E-state index in [0.29, 0.717) is 28.6 Å². The molecule has 1 aliphatic heterocycles. The lowest BCUT2D eigenvalue weighted by Crippen LogP contribution is -2.31. The Balaban J connectivity index is 1.07. The number of hydrogen-bond acceptors (Lipinski definition) is 8. The van der Waals surface area contributed by atoms with Crippen molar-refractivity contribution in [2.45, 2.75) is 50.1 Å². The van der Waals surface area contributed by atoms with Crippen LogP contribution in [0.25, 0.3) is 22.6 Å². The van der Waals surface area contributed by atoms with E-state index in [1.807, 2.05) is 109 Å². The average Bonchev–Trinajstić information content (AvgIpc) is 3.62. The third-order valence-electron chi connectivity index (χ3n) is 8.87. The number of aromatic nitrogens is 1. The minimum Gasteiger partial charge on any atom is -0.431 e. The van der Waals surface area contributed by atoms with Gasteiger partial charge in [0, 0.05) is 40.1 Å². The van der Waals surface area contributed by atoms with Crippen molar-refractivity contribution >= 4 is 29.1 Å². The molecule has 2 N–H and O–H groups in total. The third kappa shape index (κ3) is 8.58. The number of nitrogens with one attached hydrogen (secondary N) is 1. The molecule has 5 aromatic carbocycles. The molecule has 3 atom stereocenters. The van der Waals surface area contributed by atoms with Crippen LogP contribution >= 0.6 is 11.8 Å². The summed E-state index contributed by atoms with van der Waals surface area (Å²) in [6.07, 6.45) is -0.318. The van der Waals surface area contributed by atoms with Gasteiger partial charge in [-0.3, -0.25) is 9.59 Å². The number of ether oxygens (including phenoxy) is 2. The molecule has 7 rings (SSSR count). The summed E-state index contributed by atoms with van der Waals surface area (Å²) in [5.41, 5.74) is 7.34. The fraction of sp³-hybridized carbons (Fsp3) is 0.186. The third-order valence-corrected chi connectivity index (χ3v) is 9.83. The smallest absolute Gasteiger partial charge is 0.256 e. The molecule has 262 valence electrons. The van der Waals surface area contributed by atoms with Crippen LogP contribution in [0.15, 0.2) is 143 Å². The summed E-state index contributed by atoms with van der Waals surface area (Å²) in [4.78, 5) is 29.5. The number of anilines is 1. The highest BCUT2D eigenvalue weighted by molar-refractivity contribution is 7.99. The van der Waals surface area contributed by atoms with Crippen LogP contribution < -0.4 is 5.32 Å². The van der Waals surface area contributed by atoms with Gasteiger partial charge in [0.25, 0.3) is 5.22 Å². The first-order valence-corrected chi connectivity index (χ1v) is 18.1. The van der Waals surface area contributed by atoms with E-state index in [9.17, 15) is 14.7 Å². The number of oxazole rings is 1. The van der Waals surface area contributed by atoms with Gasteiger partial charge >= 0.3 is 0 Å². The van der Waals surface area contributed by atoms with Crippen molar-refractivity contribution in [2.75, 3.05) is 11.1 Å². The highest BCUT2D eigenvalue weighted by atomic mass is 32.2. The summed E-state index contributed by atoms with van der Waals surface area (Å²) in [6.45, 7) is 1.47. The number of hydrogen-bond donors (Lipinski definition) is 2. The molecule has 9 heteroatoms. The Bertz CT molecular complexity index is 2060. The summed E-state index contributed by atoms with van der Waals surface area (Å²) in [5, 5.41) is 13.0. The number of amides is 1. The maximum absolute atomic E-state index is 12.8. The number of rotatable bonds is 12. The molecule has 0 bridgehead atoms. The summed E-state index contributed by atoms with van der Waals surface area (Å²) >= 11 is 1.51. The highest BCUT2D eigenvalue weighted by Gasteiger charge is 2.33. The molecule has 2 heterocycles. The van der Waals surface area contributed by atoms with Gasteiger partial charge in [-0.05, 0) is 35.7 Å². The van der Waals surface area contributed by atoms with Crippen molar-refractivity contribution in [1.29, 1.82) is 0 Å². The van der Waals surface area contributed by atoms with Crippen LogP contribution in [0.5, 0.6) is 0 Å². The van der Waals surface area contributed by atoms with Crippen LogP contribution in [0, 0.1) is 0 Å². The van der Waals surface area contributed by atoms with E-state index in [2.05, 4.69) is 5.32 Å². The Labute approximate surface area is 306 Å². The molecule has 0 saturated carbocycles. The van der Waals surface area contributed by atoms with Crippen LogP contribution in [0.1, 0.15) is 58.4 Å². The number of aliphatic hydroxyl groups is 1. The molecular formula is C43H38N2O6S. The van der Waals surface area contributed by atoms with Crippen molar-refractivity contribution in [3.8, 4) is 22.6 Å². The molecule has 8 nitrogen and oxygen atoms in total. The first-order valence-electron chi connectivity index (χ1n) is 17.2. The number of aliphatic hydroxyl groups excluding tert-OH is 1. The van der Waals surface area contributed by atoms with E-state index in [1.54, 1.807) is 24.3 Å². The highest BCUT2D eigenvalue weighted by Crippen LogP contribution is 2.41. The van der Waals surface area contributed by atoms with E-state index in [4.69, 9.17) is 18.9 Å². The zero-order valence-electron chi connectivity index (χ0n) is 28.6. The molecule has 1 amide bonds. The predicted molar refractivity (Wildman–Crippen MR) is 202 cm³/mol. The number of thioether (sulfide) groups is 1. The minimum absolute atomic E-state index is 0.0297. The van der Waals surface area contributed by atoms with E-state index in [0.717, 1.165) is 44.8 Å². The van der Waals surface area contributed by atoms with Crippen LogP contribution in [0.4, 0.5) is 5.69 Å². The Morgan fingerprint density at radius 1 is 0.788 bits per heavy atom. The SMILES string of the molecule is CC(=O)c1cccc(NC(=O)Cc2ccc(C3O[C@H](CSc4nc(-c5ccccc5)c(-c5ccccc5)o4)C[C@H](c4ccc(CO)cc4)O3)cc2)c1. The average molecular weight is 711 g/mol. The zero-order chi connectivity index (χ0) is 35.9. The van der Waals surface area contributed by atoms with Crippen LogP contribution in [-0.4, -0.2) is 33.6 Å². The second kappa shape index (κ2) is 16.4. The van der Waals surface area contributed by atoms with E-state index in [1.165, 1.54) is 18.7 Å². The van der Waals surface area contributed by atoms with Gasteiger partial charge in [0.2, 0.25) is 5.91 Å². The Hall–Kier alpha value is -5.32. The fourth-order valence-corrected chi connectivity index (χ4v) is 6.97. The number of carbonyl (C=O) groups excluding carboxylic acids is 2. The Morgan fingerprint density at radius 2 is 1.46 bits per heavy atom. The normalized spacial score (nSPS) is 17.1. The molecular weight excluding hydrogens is 673 g/mol. The molecule has 0 radical (unpaired) electrons. The monoisotopic (exact) mass is 710 g/mol. The van der Waals surface area contributed by atoms with Gasteiger partial charge in [-0.15, -0.1) is 0 Å². The molecule has 1 fully saturated rings. The van der Waals surface area contributed by atoms with Gasteiger partial charge in [0.05, 0.1) is 25.2 Å². The Morgan fingerprint density at radius 3 is 2.15 bits per heavy atom. The maximum atomic E-state index is 12.8. The first kappa shape index (κ1) is 35.1. The molecule has 52 heavy (non-hydrogen) atoms. The minimum atomic E-state index is -0.650. The van der Waals surface area contributed by atoms with Crippen LogP contribution in [-0.2, 0) is 27.3 Å². The lowest BCUT2D eigenvalue weighted by Gasteiger charge is -2.36. The van der Waals surface area contributed by atoms with Crippen molar-refractivity contribution in [3.63, 3.8) is 0 Å². The van der Waals surface area contributed by atoms with Gasteiger partial charge < -0.3 is 24.3 Å². The van der Waals surface area contributed by atoms with Gasteiger partial charge in [0.1, 0.15) is 5.69 Å². The number of nitrogens with zero attached hydrogens (tertiary/aromatic N) is 1. The van der Waals surface area contributed by atoms with Crippen molar-refractivity contribution < 1.29 is 28.6 Å². The quantitative estimate of drug-likeness (QED) is 0.0956. The van der Waals surface area contributed by atoms with Gasteiger partial charge in [0.15, 0.2) is 17.8 Å². The standard InChI is InChI=1S/C43H38N2O6S/c1-28(47)35-13-8-14-36(24-35)44-39(48)23-29-15-21-34(22-16-29)42-49-37(25-38(50-42)31-19-17-30(26-46)18-20-31)27-52-43-45-40(32-9-4-2-5-10-32)41(51-43)33-11-6-3-7-12-33/h2-22,24,37-38,42,46H,23,25-27H2,1H3,(H,44,48)/t37-,38+,42?/m0/s1. The van der Waals surface area contributed by atoms with Crippen molar-refractivity contribution in [2.24, 2.45) is 0 Å². The van der Waals surface area contributed by atoms with Gasteiger partial charge in [-0.1, -0.05) is 133 Å². The molecule has 0 aliphatic carbocycles. The summed E-state index contributed by atoms with van der Waals surface area (Å²) in [6, 6.07) is 42.4. The predicted octanol–water partition coefficient (Wildman–Crippen LogP) is 9.22. The number of benzene rings is 5. The lowest BCUT2D eigenvalue weighted by molar-refractivity contribution is -0.245. The second-order valence-corrected chi connectivity index (χ2v) is 13.6. The van der Waals surface area contributed by atoms with Gasteiger partial charge in [-0.2, -0.15) is 0 Å². The van der Waals surface area contributed by atoms with Crippen LogP contribution in [0.3, 0.4) is 0 Å². The number of Topliss-reactive ketones (excluding diaryl/α,β-unsaturated/α-hetero) is 1. The second-order valence-electron chi connectivity index (χ2n) is 12.7. The molecule has 1 saturated heterocycles. The molecule has 1 aromatic heterocycles. The lowest BCUT2D eigenvalue weighted by atomic mass is 10.0. The molecule has 1 aliphatic rings. The first-order chi connectivity index (χ1) is 25.4. The van der Waals surface area contributed by atoms with Crippen molar-refractivity contribution in [1.82, 2.24) is 4.98 Å². The fourth-order valence-electron chi connectivity index (χ4n) is 6.13. The van der Waals surface area contributed by atoms with E-state index < -0.39 is 6.29 Å². The molecule has 6 aromatic rings. The zero-order valence-corrected chi connectivity index (χ0v) is 29.4. The van der Waals surface area contributed by atoms with Crippen LogP contribution in [0.2, 0.25) is 0 Å². The molecule has 0 spiro atoms. The van der Waals surface area contributed by atoms with Crippen molar-refractivity contribution in [3.05, 3.63) is 161 Å². The van der Waals surface area contributed by atoms with E-state index >= 15 is 0 Å². The molecule has 1 unspecified atom stereocenters. The number of carbonyl (C=O) groups is 2. The summed E-state index contributed by atoms with van der Waals surface area (Å²) in [7, 11) is 0. The summed E-state index contributed by atoms with van der Waals surface area (Å²) < 4.78 is 19.5. The van der Waals surface area contributed by atoms with Gasteiger partial charge in [-0.25, -0.2) is 4.98 Å². The number of ketones is 1. The van der Waals surface area contributed by atoms with E-state index in [-0.39, 0.29) is 36.9 Å². The topological polar surface area (TPSA) is 111 Å². The Kier molecular flexibility index (Phi) is 11.0. The largest absolute Gasteiger partial charge is 0.431 e. The summed E-state index contributed by atoms with van der Waals surface area (Å²) in [5.74, 6) is 1.06. The maximum Gasteiger partial charge on any atom is 0.256 e.